The summed E-state index contributed by atoms with van der Waals surface area (Å²) < 4.78 is 0. The van der Waals surface area contributed by atoms with Gasteiger partial charge >= 0.3 is 0 Å². The molecule has 0 rings (SSSR count). The second-order valence-corrected chi connectivity index (χ2v) is 3.86. The molecule has 0 fully saturated rings. The highest BCUT2D eigenvalue weighted by molar-refractivity contribution is 5.12. The van der Waals surface area contributed by atoms with Crippen molar-refractivity contribution in [2.45, 2.75) is 64.7 Å². The lowest BCUT2D eigenvalue weighted by atomic mass is 10.1. The van der Waals surface area contributed by atoms with Crippen LogP contribution in [0, 0.1) is 17.9 Å². The highest BCUT2D eigenvalue weighted by Crippen LogP contribution is 2.11. The monoisotopic (exact) mass is 192 g/mol. The maximum atomic E-state index is 8.42. The van der Waals surface area contributed by atoms with Gasteiger partial charge in [0, 0.05) is 5.57 Å². The molecular weight excluding hydrogens is 170 g/mol. The third-order valence-electron chi connectivity index (χ3n) is 2.44. The second kappa shape index (κ2) is 10.3. The van der Waals surface area contributed by atoms with Gasteiger partial charge < -0.3 is 0 Å². The van der Waals surface area contributed by atoms with Gasteiger partial charge in [-0.25, -0.2) is 0 Å². The third-order valence-corrected chi connectivity index (χ3v) is 2.44. The first-order chi connectivity index (χ1) is 6.81. The van der Waals surface area contributed by atoms with Crippen molar-refractivity contribution in [1.82, 2.24) is 0 Å². The minimum absolute atomic E-state index is 0.482. The predicted molar refractivity (Wildman–Crippen MR) is 60.7 cm³/mol. The number of hydrogen-bond acceptors (Lipinski definition) is 1. The van der Waals surface area contributed by atoms with Gasteiger partial charge in [-0.05, 0) is 19.4 Å². The Morgan fingerprint density at radius 2 is 1.50 bits per heavy atom. The average Bonchev–Trinajstić information content (AvgIpc) is 2.21. The summed E-state index contributed by atoms with van der Waals surface area (Å²) in [6.07, 6.45) is 11.1. The van der Waals surface area contributed by atoms with Gasteiger partial charge in [0.2, 0.25) is 0 Å². The van der Waals surface area contributed by atoms with Crippen molar-refractivity contribution in [2.24, 2.45) is 0 Å². The number of hydrogen-bond donors (Lipinski definition) is 0. The molecule has 0 N–H and O–H groups in total. The molecule has 0 aromatic carbocycles. The van der Waals surface area contributed by atoms with Crippen LogP contribution in [-0.4, -0.2) is 0 Å². The normalized spacial score (nSPS) is 9.71. The number of nitrogens with zero attached hydrogens (tertiary/aromatic N) is 1. The molecule has 0 unspecified atom stereocenters. The molecule has 0 aliphatic carbocycles. The lowest BCUT2D eigenvalue weighted by Gasteiger charge is -2.00. The Balaban J connectivity index is 3.00. The maximum absolute atomic E-state index is 8.42. The van der Waals surface area contributed by atoms with Crippen LogP contribution < -0.4 is 0 Å². The molecule has 1 radical (unpaired) electrons. The van der Waals surface area contributed by atoms with Crippen LogP contribution in [0.5, 0.6) is 0 Å². The zero-order valence-corrected chi connectivity index (χ0v) is 9.39. The van der Waals surface area contributed by atoms with Gasteiger partial charge in [-0.2, -0.15) is 5.26 Å². The summed E-state index contributed by atoms with van der Waals surface area (Å²) >= 11 is 0. The van der Waals surface area contributed by atoms with E-state index in [1.165, 1.54) is 44.9 Å². The SMILES string of the molecule is [CH]=C(C#N)CCCCCCCCCC. The van der Waals surface area contributed by atoms with Gasteiger partial charge in [0.1, 0.15) is 0 Å². The fraction of sp³-hybridized carbons (Fsp3) is 0.769. The number of allylic oxidation sites excluding steroid dienone is 1. The molecule has 0 aromatic rings. The summed E-state index contributed by atoms with van der Waals surface area (Å²) in [5, 5.41) is 8.42. The first kappa shape index (κ1) is 13.2. The summed E-state index contributed by atoms with van der Waals surface area (Å²) in [5.41, 5.74) is 0.482. The topological polar surface area (TPSA) is 23.8 Å². The van der Waals surface area contributed by atoms with Crippen LogP contribution >= 0.6 is 0 Å². The van der Waals surface area contributed by atoms with Gasteiger partial charge in [-0.15, -0.1) is 0 Å². The summed E-state index contributed by atoms with van der Waals surface area (Å²) in [7, 11) is 0. The standard InChI is InChI=1S/C13H22N/c1-3-4-5-6-7-8-9-10-11-13(2)12-14/h2H,3-11H2,1H3. The van der Waals surface area contributed by atoms with Crippen LogP contribution in [0.25, 0.3) is 0 Å². The molecule has 0 spiro atoms. The van der Waals surface area contributed by atoms with E-state index in [-0.39, 0.29) is 0 Å². The molecule has 0 bridgehead atoms. The van der Waals surface area contributed by atoms with Crippen molar-refractivity contribution in [3.8, 4) is 6.07 Å². The average molecular weight is 192 g/mol. The lowest BCUT2D eigenvalue weighted by Crippen LogP contribution is -1.82. The van der Waals surface area contributed by atoms with Gasteiger partial charge in [-0.1, -0.05) is 51.9 Å². The molecule has 0 saturated heterocycles. The number of unbranched alkanes of at least 4 members (excludes halogenated alkanes) is 7. The summed E-state index contributed by atoms with van der Waals surface area (Å²) in [6.45, 7) is 7.65. The summed E-state index contributed by atoms with van der Waals surface area (Å²) in [4.78, 5) is 0. The first-order valence-corrected chi connectivity index (χ1v) is 5.82. The largest absolute Gasteiger partial charge is 0.193 e. The second-order valence-electron chi connectivity index (χ2n) is 3.86. The van der Waals surface area contributed by atoms with Gasteiger partial charge in [0.15, 0.2) is 0 Å². The molecule has 0 heterocycles. The lowest BCUT2D eigenvalue weighted by molar-refractivity contribution is 0.576. The van der Waals surface area contributed by atoms with E-state index in [0.717, 1.165) is 12.8 Å². The van der Waals surface area contributed by atoms with E-state index in [0.29, 0.717) is 5.57 Å². The smallest absolute Gasteiger partial charge is 0.0947 e. The van der Waals surface area contributed by atoms with Crippen molar-refractivity contribution >= 4 is 0 Å². The van der Waals surface area contributed by atoms with Crippen molar-refractivity contribution < 1.29 is 0 Å². The van der Waals surface area contributed by atoms with Gasteiger partial charge in [0.25, 0.3) is 0 Å². The van der Waals surface area contributed by atoms with Crippen molar-refractivity contribution in [2.75, 3.05) is 0 Å². The Bertz CT molecular complexity index is 176. The third kappa shape index (κ3) is 9.32. The molecule has 0 amide bonds. The Morgan fingerprint density at radius 3 is 2.00 bits per heavy atom. The van der Waals surface area contributed by atoms with E-state index in [2.05, 4.69) is 6.92 Å². The molecule has 0 aliphatic rings. The van der Waals surface area contributed by atoms with Crippen LogP contribution in [0.4, 0.5) is 0 Å². The maximum Gasteiger partial charge on any atom is 0.0947 e. The fourth-order valence-electron chi connectivity index (χ4n) is 1.51. The van der Waals surface area contributed by atoms with Crippen LogP contribution in [0.3, 0.4) is 0 Å². The van der Waals surface area contributed by atoms with E-state index in [4.69, 9.17) is 11.8 Å². The van der Waals surface area contributed by atoms with Gasteiger partial charge in [0.05, 0.1) is 6.07 Å². The Kier molecular flexibility index (Phi) is 9.74. The van der Waals surface area contributed by atoms with E-state index < -0.39 is 0 Å². The summed E-state index contributed by atoms with van der Waals surface area (Å²) in [6, 6.07) is 1.98. The minimum Gasteiger partial charge on any atom is -0.193 e. The molecule has 0 aliphatic heterocycles. The Morgan fingerprint density at radius 1 is 1.00 bits per heavy atom. The van der Waals surface area contributed by atoms with Crippen molar-refractivity contribution in [3.05, 3.63) is 12.2 Å². The van der Waals surface area contributed by atoms with Gasteiger partial charge in [-0.3, -0.25) is 0 Å². The van der Waals surface area contributed by atoms with E-state index in [1.54, 1.807) is 0 Å². The number of nitriles is 1. The highest BCUT2D eigenvalue weighted by Gasteiger charge is 1.93. The van der Waals surface area contributed by atoms with Crippen molar-refractivity contribution in [1.29, 1.82) is 5.26 Å². The van der Waals surface area contributed by atoms with E-state index in [9.17, 15) is 0 Å². The molecule has 79 valence electrons. The van der Waals surface area contributed by atoms with E-state index in [1.807, 2.05) is 6.07 Å². The quantitative estimate of drug-likeness (QED) is 0.392. The first-order valence-electron chi connectivity index (χ1n) is 5.82. The molecule has 1 heteroatoms. The zero-order valence-electron chi connectivity index (χ0n) is 9.39. The molecule has 14 heavy (non-hydrogen) atoms. The minimum atomic E-state index is 0.482. The highest BCUT2D eigenvalue weighted by atomic mass is 14.2. The van der Waals surface area contributed by atoms with E-state index >= 15 is 0 Å². The van der Waals surface area contributed by atoms with Crippen molar-refractivity contribution in [3.63, 3.8) is 0 Å². The molecule has 0 atom stereocenters. The molecule has 0 saturated carbocycles. The van der Waals surface area contributed by atoms with Crippen LogP contribution in [-0.2, 0) is 0 Å². The molecular formula is C13H22N. The Labute approximate surface area is 88.8 Å². The Hall–Kier alpha value is -0.770. The predicted octanol–water partition coefficient (Wildman–Crippen LogP) is 4.40. The van der Waals surface area contributed by atoms with Crippen LogP contribution in [0.1, 0.15) is 64.7 Å². The number of rotatable bonds is 9. The summed E-state index contributed by atoms with van der Waals surface area (Å²) in [5.74, 6) is 0. The van der Waals surface area contributed by atoms with Crippen LogP contribution in [0.15, 0.2) is 5.57 Å². The van der Waals surface area contributed by atoms with Crippen LogP contribution in [0.2, 0.25) is 0 Å². The zero-order chi connectivity index (χ0) is 10.6. The fourth-order valence-corrected chi connectivity index (χ4v) is 1.51. The molecule has 0 aromatic heterocycles. The molecule has 1 nitrogen and oxygen atoms in total.